The third-order valence-corrected chi connectivity index (χ3v) is 6.45. The molecule has 3 N–H and O–H groups in total. The fourth-order valence-electron chi connectivity index (χ4n) is 1.79. The molecule has 1 heterocycles. The van der Waals surface area contributed by atoms with Crippen LogP contribution in [0.1, 0.15) is 25.7 Å². The van der Waals surface area contributed by atoms with Crippen LogP contribution in [-0.2, 0) is 9.84 Å². The molecule has 0 radical (unpaired) electrons. The average molecular weight is 273 g/mol. The largest absolute Gasteiger partial charge is 0.382 e. The normalized spacial score (nSPS) is 20.5. The highest BCUT2D eigenvalue weighted by atomic mass is 32.2. The Kier molecular flexibility index (Phi) is 2.55. The number of nitrogen functional groups attached to an aromatic ring is 1. The smallest absolute Gasteiger partial charge is 0.187 e. The van der Waals surface area contributed by atoms with Gasteiger partial charge in [0, 0.05) is 6.54 Å². The molecule has 0 aliphatic heterocycles. The van der Waals surface area contributed by atoms with Crippen LogP contribution in [0.3, 0.4) is 0 Å². The molecule has 2 aliphatic rings. The third-order valence-electron chi connectivity index (χ3n) is 3.17. The van der Waals surface area contributed by atoms with Gasteiger partial charge < -0.3 is 11.1 Å². The van der Waals surface area contributed by atoms with Crippen molar-refractivity contribution < 1.29 is 8.42 Å². The Morgan fingerprint density at radius 3 is 2.65 bits per heavy atom. The van der Waals surface area contributed by atoms with Crippen LogP contribution >= 0.6 is 11.5 Å². The van der Waals surface area contributed by atoms with E-state index in [1.807, 2.05) is 0 Å². The minimum absolute atomic E-state index is 0.153. The van der Waals surface area contributed by atoms with Crippen LogP contribution in [0.5, 0.6) is 0 Å². The van der Waals surface area contributed by atoms with Gasteiger partial charge in [0.05, 0.1) is 5.25 Å². The number of hydrogen-bond acceptors (Lipinski definition) is 6. The zero-order valence-electron chi connectivity index (χ0n) is 9.35. The molecule has 0 saturated heterocycles. The van der Waals surface area contributed by atoms with E-state index < -0.39 is 9.84 Å². The highest BCUT2D eigenvalue weighted by molar-refractivity contribution is 7.92. The molecule has 0 aromatic carbocycles. The summed E-state index contributed by atoms with van der Waals surface area (Å²) in [5.74, 6) is 0.843. The molecule has 3 rings (SSSR count). The molecule has 2 fully saturated rings. The van der Waals surface area contributed by atoms with Crippen LogP contribution in [0.15, 0.2) is 4.90 Å². The van der Waals surface area contributed by atoms with Gasteiger partial charge >= 0.3 is 0 Å². The summed E-state index contributed by atoms with van der Waals surface area (Å²) in [5.41, 5.74) is 5.70. The van der Waals surface area contributed by atoms with Crippen molar-refractivity contribution in [3.05, 3.63) is 0 Å². The second-order valence-electron chi connectivity index (χ2n) is 4.79. The highest BCUT2D eigenvalue weighted by Gasteiger charge is 2.40. The summed E-state index contributed by atoms with van der Waals surface area (Å²) >= 11 is 1.15. The van der Waals surface area contributed by atoms with Crippen LogP contribution in [-0.4, -0.2) is 24.6 Å². The van der Waals surface area contributed by atoms with Crippen LogP contribution in [0.2, 0.25) is 0 Å². The first-order chi connectivity index (χ1) is 8.09. The zero-order chi connectivity index (χ0) is 12.0. The molecule has 17 heavy (non-hydrogen) atoms. The van der Waals surface area contributed by atoms with Crippen molar-refractivity contribution in [3.63, 3.8) is 0 Å². The van der Waals surface area contributed by atoms with Gasteiger partial charge in [-0.15, -0.1) is 0 Å². The summed E-state index contributed by atoms with van der Waals surface area (Å²) in [7, 11) is -3.25. The van der Waals surface area contributed by atoms with Crippen LogP contribution < -0.4 is 11.1 Å². The quantitative estimate of drug-likeness (QED) is 0.849. The van der Waals surface area contributed by atoms with Gasteiger partial charge in [-0.25, -0.2) is 8.42 Å². The first kappa shape index (κ1) is 11.3. The number of anilines is 2. The Morgan fingerprint density at radius 1 is 1.35 bits per heavy atom. The molecule has 2 aliphatic carbocycles. The Morgan fingerprint density at radius 2 is 2.06 bits per heavy atom. The van der Waals surface area contributed by atoms with Crippen LogP contribution in [0.4, 0.5) is 10.8 Å². The lowest BCUT2D eigenvalue weighted by Crippen LogP contribution is -2.12. The van der Waals surface area contributed by atoms with Crippen molar-refractivity contribution in [1.29, 1.82) is 0 Å². The molecular formula is C10H15N3O2S2. The summed E-state index contributed by atoms with van der Waals surface area (Å²) in [6.07, 6.45) is 3.96. The Labute approximate surface area is 104 Å². The summed E-state index contributed by atoms with van der Waals surface area (Å²) in [4.78, 5) is 0.241. The van der Waals surface area contributed by atoms with E-state index in [0.29, 0.717) is 10.9 Å². The zero-order valence-corrected chi connectivity index (χ0v) is 11.0. The van der Waals surface area contributed by atoms with Crippen LogP contribution in [0.25, 0.3) is 0 Å². The average Bonchev–Trinajstić information content (AvgIpc) is 3.12. The molecule has 1 aromatic heterocycles. The number of sulfone groups is 1. The number of rotatable bonds is 5. The fourth-order valence-corrected chi connectivity index (χ4v) is 4.68. The lowest BCUT2D eigenvalue weighted by atomic mass is 10.4. The van der Waals surface area contributed by atoms with Crippen LogP contribution in [0, 0.1) is 5.92 Å². The maximum absolute atomic E-state index is 12.2. The van der Waals surface area contributed by atoms with Crippen molar-refractivity contribution in [2.75, 3.05) is 17.6 Å². The molecule has 1 aromatic rings. The van der Waals surface area contributed by atoms with Gasteiger partial charge in [0.2, 0.25) is 0 Å². The van der Waals surface area contributed by atoms with E-state index in [-0.39, 0.29) is 16.0 Å². The summed E-state index contributed by atoms with van der Waals surface area (Å²) in [5, 5.41) is 3.57. The number of hydrogen-bond donors (Lipinski definition) is 2. The van der Waals surface area contributed by atoms with E-state index in [1.165, 1.54) is 12.8 Å². The molecule has 0 atom stereocenters. The van der Waals surface area contributed by atoms with E-state index in [2.05, 4.69) is 9.69 Å². The molecule has 5 nitrogen and oxygen atoms in total. The van der Waals surface area contributed by atoms with Gasteiger partial charge in [0.1, 0.15) is 9.90 Å². The van der Waals surface area contributed by atoms with Gasteiger partial charge in [-0.3, -0.25) is 0 Å². The van der Waals surface area contributed by atoms with Crippen molar-refractivity contribution in [2.45, 2.75) is 35.8 Å². The molecule has 94 valence electrons. The maximum atomic E-state index is 12.2. The lowest BCUT2D eigenvalue weighted by Gasteiger charge is -2.06. The molecule has 0 unspecified atom stereocenters. The van der Waals surface area contributed by atoms with Gasteiger partial charge in [0.25, 0.3) is 0 Å². The first-order valence-electron chi connectivity index (χ1n) is 5.82. The van der Waals surface area contributed by atoms with E-state index in [9.17, 15) is 8.42 Å². The van der Waals surface area contributed by atoms with E-state index in [1.54, 1.807) is 0 Å². The number of nitrogens with one attached hydrogen (secondary N) is 1. The SMILES string of the molecule is Nc1nsc(NCC2CC2)c1S(=O)(=O)C1CC1. The third kappa shape index (κ3) is 2.13. The van der Waals surface area contributed by atoms with Crippen molar-refractivity contribution in [3.8, 4) is 0 Å². The van der Waals surface area contributed by atoms with E-state index >= 15 is 0 Å². The first-order valence-corrected chi connectivity index (χ1v) is 8.14. The van der Waals surface area contributed by atoms with E-state index in [0.717, 1.165) is 30.9 Å². The van der Waals surface area contributed by atoms with Gasteiger partial charge in [-0.1, -0.05) is 0 Å². The van der Waals surface area contributed by atoms with Crippen molar-refractivity contribution in [1.82, 2.24) is 4.37 Å². The second kappa shape index (κ2) is 3.84. The molecule has 2 saturated carbocycles. The Hall–Kier alpha value is -0.820. The standard InChI is InChI=1S/C10H15N3O2S2/c11-9-8(17(14,15)7-3-4-7)10(16-13-9)12-5-6-1-2-6/h6-7,12H,1-5H2,(H2,11,13). The predicted octanol–water partition coefficient (Wildman–Crippen LogP) is 1.48. The minimum Gasteiger partial charge on any atom is -0.382 e. The van der Waals surface area contributed by atoms with E-state index in [4.69, 9.17) is 5.73 Å². The van der Waals surface area contributed by atoms with Crippen molar-refractivity contribution >= 4 is 32.2 Å². The monoisotopic (exact) mass is 273 g/mol. The van der Waals surface area contributed by atoms with Gasteiger partial charge in [-0.05, 0) is 43.1 Å². The predicted molar refractivity (Wildman–Crippen MR) is 67.9 cm³/mol. The molecule has 0 bridgehead atoms. The second-order valence-corrected chi connectivity index (χ2v) is 7.73. The van der Waals surface area contributed by atoms with Crippen molar-refractivity contribution in [2.24, 2.45) is 5.92 Å². The minimum atomic E-state index is -3.25. The molecule has 0 amide bonds. The summed E-state index contributed by atoms with van der Waals surface area (Å²) in [6.45, 7) is 0.828. The van der Waals surface area contributed by atoms with Gasteiger partial charge in [0.15, 0.2) is 15.7 Å². The Balaban J connectivity index is 1.88. The fraction of sp³-hybridized carbons (Fsp3) is 0.700. The summed E-state index contributed by atoms with van der Waals surface area (Å²) in [6, 6.07) is 0. The topological polar surface area (TPSA) is 85.1 Å². The highest BCUT2D eigenvalue weighted by Crippen LogP contribution is 2.41. The molecule has 0 spiro atoms. The lowest BCUT2D eigenvalue weighted by molar-refractivity contribution is 0.595. The number of aromatic nitrogens is 1. The summed E-state index contributed by atoms with van der Waals surface area (Å²) < 4.78 is 28.4. The Bertz CT molecular complexity index is 530. The van der Waals surface area contributed by atoms with Gasteiger partial charge in [-0.2, -0.15) is 4.37 Å². The number of nitrogens with two attached hydrogens (primary N) is 1. The maximum Gasteiger partial charge on any atom is 0.187 e. The molecule has 7 heteroatoms. The molecular weight excluding hydrogens is 258 g/mol. The number of nitrogens with zero attached hydrogens (tertiary/aromatic N) is 1.